The number of rotatable bonds is 7. The lowest BCUT2D eigenvalue weighted by molar-refractivity contribution is -0.386. The summed E-state index contributed by atoms with van der Waals surface area (Å²) >= 11 is 0. The van der Waals surface area contributed by atoms with E-state index in [-0.39, 0.29) is 40.9 Å². The lowest BCUT2D eigenvalue weighted by atomic mass is 10.3. The molecule has 0 aliphatic rings. The van der Waals surface area contributed by atoms with Crippen molar-refractivity contribution in [3.05, 3.63) is 69.9 Å². The molecule has 0 radical (unpaired) electrons. The molecule has 0 bridgehead atoms. The van der Waals surface area contributed by atoms with E-state index < -0.39 is 16.8 Å². The van der Waals surface area contributed by atoms with Crippen LogP contribution in [0.25, 0.3) is 0 Å². The first kappa shape index (κ1) is 19.6. The first-order valence-corrected chi connectivity index (χ1v) is 8.27. The maximum atomic E-state index is 12.4. The Morgan fingerprint density at radius 1 is 1.28 bits per heavy atom. The highest BCUT2D eigenvalue weighted by atomic mass is 16.6. The lowest BCUT2D eigenvalue weighted by Gasteiger charge is -2.05. The number of aromatic nitrogens is 2. The normalized spacial score (nSPS) is 10.4. The summed E-state index contributed by atoms with van der Waals surface area (Å²) in [6.45, 7) is -0.113. The van der Waals surface area contributed by atoms with Gasteiger partial charge in [-0.1, -0.05) is 12.1 Å². The van der Waals surface area contributed by atoms with Crippen molar-refractivity contribution in [2.24, 2.45) is 7.05 Å². The smallest absolute Gasteiger partial charge is 0.358 e. The Bertz CT molecular complexity index is 1070. The quantitative estimate of drug-likeness (QED) is 0.363. The monoisotopic (exact) mass is 400 g/mol. The predicted octanol–water partition coefficient (Wildman–Crippen LogP) is 2.54. The third-order valence-corrected chi connectivity index (χ3v) is 3.88. The van der Waals surface area contributed by atoms with Gasteiger partial charge in [0.25, 0.3) is 5.91 Å². The molecule has 0 unspecified atom stereocenters. The van der Waals surface area contributed by atoms with Crippen LogP contribution in [0.2, 0.25) is 0 Å². The molecule has 0 fully saturated rings. The lowest BCUT2D eigenvalue weighted by Crippen LogP contribution is -2.16. The maximum Gasteiger partial charge on any atom is 0.358 e. The van der Waals surface area contributed by atoms with Crippen molar-refractivity contribution in [2.75, 3.05) is 12.4 Å². The molecule has 29 heavy (non-hydrogen) atoms. The molecule has 0 spiro atoms. The van der Waals surface area contributed by atoms with Crippen molar-refractivity contribution in [3.8, 4) is 5.75 Å². The molecule has 2 heterocycles. The predicted molar refractivity (Wildman–Crippen MR) is 98.6 cm³/mol. The summed E-state index contributed by atoms with van der Waals surface area (Å²) in [4.78, 5) is 34.7. The van der Waals surface area contributed by atoms with E-state index >= 15 is 0 Å². The van der Waals surface area contributed by atoms with Gasteiger partial charge >= 0.3 is 11.7 Å². The van der Waals surface area contributed by atoms with E-state index in [2.05, 4.69) is 15.2 Å². The molecular formula is C18H16N4O7. The molecule has 0 saturated carbocycles. The number of aryl methyl sites for hydroxylation is 1. The third-order valence-electron chi connectivity index (χ3n) is 3.88. The first-order valence-electron chi connectivity index (χ1n) is 8.27. The molecule has 0 aliphatic carbocycles. The molecule has 1 aromatic carbocycles. The molecule has 1 amide bonds. The second-order valence-corrected chi connectivity index (χ2v) is 5.76. The zero-order chi connectivity index (χ0) is 21.0. The first-order chi connectivity index (χ1) is 13.9. The summed E-state index contributed by atoms with van der Waals surface area (Å²) in [5.74, 6) is -0.935. The van der Waals surface area contributed by atoms with Crippen LogP contribution in [0, 0.1) is 10.1 Å². The average Bonchev–Trinajstić information content (AvgIpc) is 3.33. The van der Waals surface area contributed by atoms with Crippen LogP contribution in [0.4, 0.5) is 11.4 Å². The van der Waals surface area contributed by atoms with Gasteiger partial charge in [0.2, 0.25) is 0 Å². The number of methoxy groups -OCH3 is 1. The van der Waals surface area contributed by atoms with Gasteiger partial charge in [0.05, 0.1) is 23.9 Å². The zero-order valence-corrected chi connectivity index (χ0v) is 15.4. The number of nitrogens with zero attached hydrogens (tertiary/aromatic N) is 3. The third kappa shape index (κ3) is 4.24. The Hall–Kier alpha value is -4.15. The van der Waals surface area contributed by atoms with Crippen molar-refractivity contribution in [2.45, 2.75) is 6.61 Å². The topological polar surface area (TPSA) is 139 Å². The molecule has 1 N–H and O–H groups in total. The molecule has 3 rings (SSSR count). The molecule has 0 atom stereocenters. The van der Waals surface area contributed by atoms with Gasteiger partial charge in [0, 0.05) is 13.1 Å². The Labute approximate surface area is 164 Å². The number of nitro groups is 1. The number of carbonyl (C=O) groups excluding carboxylic acids is 2. The number of hydrogen-bond acceptors (Lipinski definition) is 8. The fourth-order valence-electron chi connectivity index (χ4n) is 2.51. The van der Waals surface area contributed by atoms with Crippen LogP contribution >= 0.6 is 0 Å². The molecule has 0 saturated heterocycles. The van der Waals surface area contributed by atoms with Gasteiger partial charge in [0.1, 0.15) is 12.4 Å². The van der Waals surface area contributed by atoms with Gasteiger partial charge in [-0.2, -0.15) is 5.10 Å². The molecular weight excluding hydrogens is 384 g/mol. The van der Waals surface area contributed by atoms with Crippen molar-refractivity contribution in [3.63, 3.8) is 0 Å². The van der Waals surface area contributed by atoms with E-state index in [0.29, 0.717) is 0 Å². The van der Waals surface area contributed by atoms with Crippen molar-refractivity contribution < 1.29 is 28.4 Å². The molecule has 0 aliphatic heterocycles. The number of nitro benzene ring substituents is 1. The summed E-state index contributed by atoms with van der Waals surface area (Å²) < 4.78 is 16.8. The van der Waals surface area contributed by atoms with E-state index in [0.717, 1.165) is 0 Å². The number of hydrogen-bond donors (Lipinski definition) is 1. The maximum absolute atomic E-state index is 12.4. The van der Waals surface area contributed by atoms with Crippen LogP contribution in [0.15, 0.2) is 47.0 Å². The Morgan fingerprint density at radius 3 is 2.76 bits per heavy atom. The fraction of sp³-hybridized carbons (Fsp3) is 0.167. The number of furan rings is 1. The van der Waals surface area contributed by atoms with E-state index in [1.807, 2.05) is 0 Å². The number of amides is 1. The molecule has 11 heteroatoms. The van der Waals surface area contributed by atoms with E-state index in [1.165, 1.54) is 55.4 Å². The second-order valence-electron chi connectivity index (χ2n) is 5.76. The highest BCUT2D eigenvalue weighted by Crippen LogP contribution is 2.27. The highest BCUT2D eigenvalue weighted by Gasteiger charge is 2.21. The van der Waals surface area contributed by atoms with E-state index in [1.54, 1.807) is 6.07 Å². The Balaban J connectivity index is 1.69. The number of esters is 1. The number of para-hydroxylation sites is 2. The largest absolute Gasteiger partial charge is 0.479 e. The summed E-state index contributed by atoms with van der Waals surface area (Å²) in [6.07, 6.45) is 1.31. The molecule has 2 aromatic heterocycles. The van der Waals surface area contributed by atoms with Gasteiger partial charge in [-0.25, -0.2) is 4.79 Å². The highest BCUT2D eigenvalue weighted by molar-refractivity contribution is 6.06. The number of ether oxygens (including phenoxy) is 2. The standard InChI is InChI=1S/C18H16N4O7/c1-21-16(18(24)27-2)12(9-19-21)20-17(23)15-8-7-11(29-15)10-28-14-6-4-3-5-13(14)22(25)26/h3-9H,10H2,1-2H3,(H,20,23). The Morgan fingerprint density at radius 2 is 2.03 bits per heavy atom. The number of anilines is 1. The average molecular weight is 400 g/mol. The van der Waals surface area contributed by atoms with Crippen LogP contribution in [-0.4, -0.2) is 33.7 Å². The van der Waals surface area contributed by atoms with Gasteiger partial charge < -0.3 is 19.2 Å². The van der Waals surface area contributed by atoms with Crippen molar-refractivity contribution in [1.82, 2.24) is 9.78 Å². The van der Waals surface area contributed by atoms with Gasteiger partial charge in [-0.05, 0) is 18.2 Å². The minimum Gasteiger partial charge on any atom is -0.479 e. The zero-order valence-electron chi connectivity index (χ0n) is 15.4. The molecule has 11 nitrogen and oxygen atoms in total. The van der Waals surface area contributed by atoms with Crippen LogP contribution in [0.1, 0.15) is 26.8 Å². The van der Waals surface area contributed by atoms with Crippen molar-refractivity contribution >= 4 is 23.3 Å². The van der Waals surface area contributed by atoms with E-state index in [9.17, 15) is 19.7 Å². The molecule has 150 valence electrons. The summed E-state index contributed by atoms with van der Waals surface area (Å²) in [7, 11) is 2.75. The number of nitrogens with one attached hydrogen (secondary N) is 1. The van der Waals surface area contributed by atoms with Gasteiger partial charge in [0.15, 0.2) is 17.2 Å². The Kier molecular flexibility index (Phi) is 5.58. The van der Waals surface area contributed by atoms with Gasteiger partial charge in [-0.15, -0.1) is 0 Å². The summed E-state index contributed by atoms with van der Waals surface area (Å²) in [5.41, 5.74) is 0.0646. The van der Waals surface area contributed by atoms with Crippen LogP contribution in [0.3, 0.4) is 0 Å². The van der Waals surface area contributed by atoms with E-state index in [4.69, 9.17) is 9.15 Å². The second kappa shape index (κ2) is 8.25. The van der Waals surface area contributed by atoms with Crippen LogP contribution in [-0.2, 0) is 18.4 Å². The SMILES string of the molecule is COC(=O)c1c(NC(=O)c2ccc(COc3ccccc3[N+](=O)[O-])o2)cnn1C. The minimum absolute atomic E-state index is 0.0363. The minimum atomic E-state index is -0.654. The molecule has 3 aromatic rings. The van der Waals surface area contributed by atoms with Gasteiger partial charge in [-0.3, -0.25) is 19.6 Å². The van der Waals surface area contributed by atoms with Crippen molar-refractivity contribution in [1.29, 1.82) is 0 Å². The fourth-order valence-corrected chi connectivity index (χ4v) is 2.51. The number of benzene rings is 1. The summed E-state index contributed by atoms with van der Waals surface area (Å²) in [6, 6.07) is 8.85. The van der Waals surface area contributed by atoms with Crippen LogP contribution in [0.5, 0.6) is 5.75 Å². The van der Waals surface area contributed by atoms with Crippen LogP contribution < -0.4 is 10.1 Å². The number of carbonyl (C=O) groups is 2. The summed E-state index contributed by atoms with van der Waals surface area (Å²) in [5, 5.41) is 17.5.